The molecule has 0 radical (unpaired) electrons. The number of ether oxygens (including phenoxy) is 1. The van der Waals surface area contributed by atoms with Crippen molar-refractivity contribution in [2.45, 2.75) is 25.9 Å². The van der Waals surface area contributed by atoms with E-state index in [4.69, 9.17) is 4.74 Å². The maximum Gasteiger partial charge on any atom is 0.310 e. The molecule has 0 spiro atoms. The number of rotatable bonds is 2. The predicted octanol–water partition coefficient (Wildman–Crippen LogP) is 2.38. The molecule has 1 aromatic carbocycles. The SMILES string of the molecule is Cc1ccc(C(=O)[C@@H]2[C@@H]3C[C@@H]4[C@H]2C(=O)O[C@@H]4C3)cc1. The zero-order valence-electron chi connectivity index (χ0n) is 10.8. The highest BCUT2D eigenvalue weighted by Gasteiger charge is 2.63. The van der Waals surface area contributed by atoms with E-state index in [1.807, 2.05) is 31.2 Å². The summed E-state index contributed by atoms with van der Waals surface area (Å²) in [5.74, 6) is 0.337. The molecule has 1 aliphatic heterocycles. The second kappa shape index (κ2) is 3.69. The molecule has 3 heteroatoms. The fraction of sp³-hybridized carbons (Fsp3) is 0.500. The minimum atomic E-state index is -0.169. The second-order valence-corrected chi connectivity index (χ2v) is 6.15. The van der Waals surface area contributed by atoms with Gasteiger partial charge in [0.25, 0.3) is 0 Å². The molecule has 0 unspecified atom stereocenters. The van der Waals surface area contributed by atoms with Crippen LogP contribution in [0.15, 0.2) is 24.3 Å². The van der Waals surface area contributed by atoms with E-state index < -0.39 is 0 Å². The summed E-state index contributed by atoms with van der Waals surface area (Å²) >= 11 is 0. The van der Waals surface area contributed by atoms with E-state index in [0.29, 0.717) is 11.8 Å². The summed E-state index contributed by atoms with van der Waals surface area (Å²) in [6, 6.07) is 7.66. The Labute approximate surface area is 111 Å². The summed E-state index contributed by atoms with van der Waals surface area (Å²) in [4.78, 5) is 24.6. The number of ketones is 1. The van der Waals surface area contributed by atoms with Crippen molar-refractivity contribution in [1.29, 1.82) is 0 Å². The Bertz CT molecular complexity index is 558. The second-order valence-electron chi connectivity index (χ2n) is 6.15. The van der Waals surface area contributed by atoms with Crippen molar-refractivity contribution in [2.75, 3.05) is 0 Å². The van der Waals surface area contributed by atoms with Crippen LogP contribution < -0.4 is 0 Å². The number of Topliss-reactive ketones (excluding diaryl/α,β-unsaturated/α-hetero) is 1. The van der Waals surface area contributed by atoms with E-state index in [-0.39, 0.29) is 29.7 Å². The Kier molecular flexibility index (Phi) is 2.17. The molecule has 3 fully saturated rings. The predicted molar refractivity (Wildman–Crippen MR) is 68.6 cm³/mol. The number of hydrogen-bond donors (Lipinski definition) is 0. The van der Waals surface area contributed by atoms with Crippen molar-refractivity contribution in [3.05, 3.63) is 35.4 Å². The van der Waals surface area contributed by atoms with Gasteiger partial charge in [-0.05, 0) is 25.7 Å². The molecule has 4 rings (SSSR count). The molecule has 5 atom stereocenters. The van der Waals surface area contributed by atoms with Crippen molar-refractivity contribution < 1.29 is 14.3 Å². The van der Waals surface area contributed by atoms with Gasteiger partial charge in [-0.1, -0.05) is 29.8 Å². The number of esters is 1. The fourth-order valence-electron chi connectivity index (χ4n) is 4.27. The molecule has 2 aliphatic carbocycles. The maximum absolute atomic E-state index is 12.7. The Morgan fingerprint density at radius 1 is 1.21 bits per heavy atom. The number of hydrogen-bond acceptors (Lipinski definition) is 3. The summed E-state index contributed by atoms with van der Waals surface area (Å²) in [7, 11) is 0. The number of carbonyl (C=O) groups is 2. The Morgan fingerprint density at radius 3 is 2.68 bits per heavy atom. The quantitative estimate of drug-likeness (QED) is 0.602. The lowest BCUT2D eigenvalue weighted by Crippen LogP contribution is -2.32. The van der Waals surface area contributed by atoms with Crippen LogP contribution in [0.5, 0.6) is 0 Å². The zero-order chi connectivity index (χ0) is 13.1. The first-order valence-electron chi connectivity index (χ1n) is 6.96. The summed E-state index contributed by atoms with van der Waals surface area (Å²) < 4.78 is 5.38. The van der Waals surface area contributed by atoms with Gasteiger partial charge in [0.1, 0.15) is 6.10 Å². The summed E-state index contributed by atoms with van der Waals surface area (Å²) in [6.07, 6.45) is 1.97. The number of benzene rings is 1. The van der Waals surface area contributed by atoms with Crippen LogP contribution in [0.1, 0.15) is 28.8 Å². The first kappa shape index (κ1) is 11.2. The fourth-order valence-corrected chi connectivity index (χ4v) is 4.27. The molecule has 0 N–H and O–H groups in total. The van der Waals surface area contributed by atoms with Crippen LogP contribution in [0, 0.1) is 30.6 Å². The van der Waals surface area contributed by atoms with Crippen molar-refractivity contribution in [3.8, 4) is 0 Å². The van der Waals surface area contributed by atoms with Gasteiger partial charge < -0.3 is 4.74 Å². The molecule has 98 valence electrons. The van der Waals surface area contributed by atoms with Gasteiger partial charge in [0.05, 0.1) is 5.92 Å². The third-order valence-corrected chi connectivity index (χ3v) is 5.12. The average Bonchev–Trinajstić information content (AvgIpc) is 2.99. The average molecular weight is 256 g/mol. The van der Waals surface area contributed by atoms with E-state index in [1.165, 1.54) is 0 Å². The third kappa shape index (κ3) is 1.44. The number of carbonyl (C=O) groups excluding carboxylic acids is 2. The largest absolute Gasteiger partial charge is 0.462 e. The van der Waals surface area contributed by atoms with Gasteiger partial charge in [0.2, 0.25) is 0 Å². The smallest absolute Gasteiger partial charge is 0.310 e. The highest BCUT2D eigenvalue weighted by Crippen LogP contribution is 2.58. The molecule has 1 saturated heterocycles. The van der Waals surface area contributed by atoms with Crippen LogP contribution in [0.25, 0.3) is 0 Å². The molecule has 0 amide bonds. The van der Waals surface area contributed by atoms with Crippen LogP contribution in [0.3, 0.4) is 0 Å². The first-order chi connectivity index (χ1) is 9.15. The van der Waals surface area contributed by atoms with Crippen molar-refractivity contribution in [3.63, 3.8) is 0 Å². The van der Waals surface area contributed by atoms with Gasteiger partial charge in [-0.3, -0.25) is 9.59 Å². The summed E-state index contributed by atoms with van der Waals surface area (Å²) in [6.45, 7) is 2.00. The van der Waals surface area contributed by atoms with Crippen LogP contribution in [-0.2, 0) is 9.53 Å². The number of aryl methyl sites for hydroxylation is 1. The van der Waals surface area contributed by atoms with Crippen LogP contribution >= 0.6 is 0 Å². The van der Waals surface area contributed by atoms with Crippen molar-refractivity contribution in [1.82, 2.24) is 0 Å². The van der Waals surface area contributed by atoms with E-state index in [2.05, 4.69) is 0 Å². The molecule has 19 heavy (non-hydrogen) atoms. The molecule has 1 heterocycles. The van der Waals surface area contributed by atoms with Crippen LogP contribution in [0.4, 0.5) is 0 Å². The van der Waals surface area contributed by atoms with Crippen molar-refractivity contribution in [2.24, 2.45) is 23.7 Å². The van der Waals surface area contributed by atoms with Crippen LogP contribution in [-0.4, -0.2) is 17.9 Å². The third-order valence-electron chi connectivity index (χ3n) is 5.12. The highest BCUT2D eigenvalue weighted by molar-refractivity contribution is 6.01. The molecular formula is C16H16O3. The lowest BCUT2D eigenvalue weighted by molar-refractivity contribution is -0.143. The molecule has 2 bridgehead atoms. The molecule has 3 aliphatic rings. The Balaban J connectivity index is 1.68. The van der Waals surface area contributed by atoms with Crippen LogP contribution in [0.2, 0.25) is 0 Å². The Morgan fingerprint density at radius 2 is 1.95 bits per heavy atom. The van der Waals surface area contributed by atoms with Gasteiger partial charge in [-0.2, -0.15) is 0 Å². The van der Waals surface area contributed by atoms with Gasteiger partial charge >= 0.3 is 5.97 Å². The van der Waals surface area contributed by atoms with Gasteiger partial charge in [0, 0.05) is 17.4 Å². The summed E-state index contributed by atoms with van der Waals surface area (Å²) in [5, 5.41) is 0. The highest BCUT2D eigenvalue weighted by atomic mass is 16.6. The molecule has 2 saturated carbocycles. The molecular weight excluding hydrogens is 240 g/mol. The minimum Gasteiger partial charge on any atom is -0.462 e. The topological polar surface area (TPSA) is 43.4 Å². The van der Waals surface area contributed by atoms with E-state index >= 15 is 0 Å². The maximum atomic E-state index is 12.7. The van der Waals surface area contributed by atoms with Crippen molar-refractivity contribution >= 4 is 11.8 Å². The lowest BCUT2D eigenvalue weighted by atomic mass is 9.76. The van der Waals surface area contributed by atoms with E-state index in [1.54, 1.807) is 0 Å². The van der Waals surface area contributed by atoms with E-state index in [0.717, 1.165) is 24.0 Å². The lowest BCUT2D eigenvalue weighted by Gasteiger charge is -2.23. The molecule has 3 nitrogen and oxygen atoms in total. The zero-order valence-corrected chi connectivity index (χ0v) is 10.8. The summed E-state index contributed by atoms with van der Waals surface area (Å²) in [5.41, 5.74) is 1.88. The number of fused-ring (bicyclic) bond motifs is 1. The Hall–Kier alpha value is -1.64. The monoisotopic (exact) mass is 256 g/mol. The molecule has 0 aromatic heterocycles. The minimum absolute atomic E-state index is 0.101. The molecule has 1 aromatic rings. The van der Waals surface area contributed by atoms with Gasteiger partial charge in [-0.15, -0.1) is 0 Å². The van der Waals surface area contributed by atoms with E-state index in [9.17, 15) is 9.59 Å². The van der Waals surface area contributed by atoms with Gasteiger partial charge in [0.15, 0.2) is 5.78 Å². The first-order valence-corrected chi connectivity index (χ1v) is 6.96. The normalized spacial score (nSPS) is 38.6. The standard InChI is InChI=1S/C16H16O3/c1-8-2-4-9(5-3-8)15(17)13-10-6-11-12(7-10)19-16(18)14(11)13/h2-5,10-14H,6-7H2,1H3/t10-,11+,12-,13-,14-/m1/s1. The van der Waals surface area contributed by atoms with Gasteiger partial charge in [-0.25, -0.2) is 0 Å².